The second kappa shape index (κ2) is 8.16. The molecule has 10 heteroatoms. The van der Waals surface area contributed by atoms with E-state index in [2.05, 4.69) is 5.32 Å². The van der Waals surface area contributed by atoms with E-state index in [1.807, 2.05) is 6.07 Å². The van der Waals surface area contributed by atoms with Gasteiger partial charge in [-0.15, -0.1) is 11.3 Å². The lowest BCUT2D eigenvalue weighted by Gasteiger charge is -2.06. The van der Waals surface area contributed by atoms with Gasteiger partial charge in [-0.2, -0.15) is 5.26 Å². The number of ether oxygens (including phenoxy) is 1. The lowest BCUT2D eigenvalue weighted by molar-refractivity contribution is -0.384. The number of thiophene rings is 1. The van der Waals surface area contributed by atoms with Crippen LogP contribution in [0.4, 0.5) is 10.7 Å². The van der Waals surface area contributed by atoms with Gasteiger partial charge in [0.1, 0.15) is 15.9 Å². The maximum atomic E-state index is 12.5. The molecule has 2 aromatic rings. The molecular weight excluding hydrogens is 394 g/mol. The molecule has 0 saturated carbocycles. The number of carbonyl (C=O) groups excluding carboxylic acids is 2. The molecule has 8 nitrogen and oxygen atoms in total. The molecule has 0 spiro atoms. The van der Waals surface area contributed by atoms with Gasteiger partial charge in [0, 0.05) is 12.1 Å². The molecule has 0 fully saturated rings. The van der Waals surface area contributed by atoms with Crippen LogP contribution in [0, 0.1) is 28.4 Å². The zero-order chi connectivity index (χ0) is 20.3. The fourth-order valence-electron chi connectivity index (χ4n) is 2.17. The maximum Gasteiger partial charge on any atom is 0.348 e. The Morgan fingerprint density at radius 3 is 2.59 bits per heavy atom. The zero-order valence-corrected chi connectivity index (χ0v) is 16.1. The molecule has 0 bridgehead atoms. The van der Waals surface area contributed by atoms with Gasteiger partial charge >= 0.3 is 5.97 Å². The Labute approximate surface area is 163 Å². The number of nitrogens with one attached hydrogen (secondary N) is 1. The number of carbonyl (C=O) groups is 2. The Morgan fingerprint density at radius 1 is 1.41 bits per heavy atom. The molecule has 0 atom stereocenters. The normalized spacial score (nSPS) is 10.4. The van der Waals surface area contributed by atoms with Crippen molar-refractivity contribution in [2.75, 3.05) is 5.32 Å². The second-order valence-corrected chi connectivity index (χ2v) is 7.13. The van der Waals surface area contributed by atoms with Crippen LogP contribution >= 0.6 is 22.9 Å². The average molecular weight is 408 g/mol. The van der Waals surface area contributed by atoms with E-state index >= 15 is 0 Å². The number of hydrogen-bond donors (Lipinski definition) is 1. The quantitative estimate of drug-likeness (QED) is 0.447. The van der Waals surface area contributed by atoms with E-state index in [1.165, 1.54) is 6.07 Å². The number of rotatable bonds is 5. The third-order valence-corrected chi connectivity index (χ3v) is 4.92. The lowest BCUT2D eigenvalue weighted by Crippen LogP contribution is -2.12. The van der Waals surface area contributed by atoms with Crippen molar-refractivity contribution in [3.8, 4) is 6.07 Å². The summed E-state index contributed by atoms with van der Waals surface area (Å²) >= 11 is 6.87. The molecule has 0 radical (unpaired) electrons. The van der Waals surface area contributed by atoms with Crippen molar-refractivity contribution in [2.24, 2.45) is 0 Å². The first-order chi connectivity index (χ1) is 12.6. The average Bonchev–Trinajstić information content (AvgIpc) is 2.89. The summed E-state index contributed by atoms with van der Waals surface area (Å²) < 4.78 is 5.14. The Bertz CT molecular complexity index is 978. The topological polar surface area (TPSA) is 122 Å². The van der Waals surface area contributed by atoms with Gasteiger partial charge in [0.15, 0.2) is 0 Å². The van der Waals surface area contributed by atoms with Gasteiger partial charge in [0.05, 0.1) is 27.2 Å². The van der Waals surface area contributed by atoms with Crippen molar-refractivity contribution < 1.29 is 19.2 Å². The monoisotopic (exact) mass is 407 g/mol. The minimum atomic E-state index is -0.656. The molecular formula is C17H14ClN3O5S. The summed E-state index contributed by atoms with van der Waals surface area (Å²) in [4.78, 5) is 35.0. The summed E-state index contributed by atoms with van der Waals surface area (Å²) in [5, 5.41) is 22.7. The molecule has 1 amide bonds. The van der Waals surface area contributed by atoms with Crippen molar-refractivity contribution in [1.82, 2.24) is 0 Å². The number of nitro benzene ring substituents is 1. The van der Waals surface area contributed by atoms with Crippen LogP contribution < -0.4 is 5.32 Å². The Balaban J connectivity index is 2.34. The molecule has 1 aromatic heterocycles. The van der Waals surface area contributed by atoms with E-state index in [-0.39, 0.29) is 37.8 Å². The standard InChI is InChI=1S/C17H14ClN3O5S/c1-8(2)26-17(23)14-9(3)12(7-19)16(27-14)20-15(22)11-5-4-10(21(24)25)6-13(11)18/h4-6,8H,1-3H3,(H,20,22). The van der Waals surface area contributed by atoms with Crippen molar-refractivity contribution in [2.45, 2.75) is 26.9 Å². The van der Waals surface area contributed by atoms with Crippen molar-refractivity contribution in [3.05, 3.63) is 54.9 Å². The third-order valence-electron chi connectivity index (χ3n) is 3.42. The van der Waals surface area contributed by atoms with E-state index in [0.29, 0.717) is 5.56 Å². The van der Waals surface area contributed by atoms with E-state index < -0.39 is 16.8 Å². The summed E-state index contributed by atoms with van der Waals surface area (Å²) in [7, 11) is 0. The largest absolute Gasteiger partial charge is 0.459 e. The van der Waals surface area contributed by atoms with Gasteiger partial charge in [-0.05, 0) is 32.4 Å². The molecule has 140 valence electrons. The van der Waals surface area contributed by atoms with Gasteiger partial charge in [-0.25, -0.2) is 4.79 Å². The SMILES string of the molecule is Cc1c(C(=O)OC(C)C)sc(NC(=O)c2ccc([N+](=O)[O-])cc2Cl)c1C#N. The molecule has 0 aliphatic heterocycles. The fraction of sp³-hybridized carbons (Fsp3) is 0.235. The molecule has 2 rings (SSSR count). The number of hydrogen-bond acceptors (Lipinski definition) is 7. The number of nitrogens with zero attached hydrogens (tertiary/aromatic N) is 2. The minimum absolute atomic E-state index is 0.00326. The summed E-state index contributed by atoms with van der Waals surface area (Å²) in [5.41, 5.74) is 0.295. The number of amides is 1. The van der Waals surface area contributed by atoms with Crippen LogP contribution in [0.15, 0.2) is 18.2 Å². The van der Waals surface area contributed by atoms with E-state index in [9.17, 15) is 25.0 Å². The molecule has 0 unspecified atom stereocenters. The first-order valence-electron chi connectivity index (χ1n) is 7.65. The van der Waals surface area contributed by atoms with E-state index in [0.717, 1.165) is 23.5 Å². The third kappa shape index (κ3) is 4.42. The van der Waals surface area contributed by atoms with Gasteiger partial charge in [0.2, 0.25) is 0 Å². The van der Waals surface area contributed by atoms with Crippen LogP contribution in [-0.2, 0) is 4.74 Å². The summed E-state index contributed by atoms with van der Waals surface area (Å²) in [5.74, 6) is -1.24. The fourth-order valence-corrected chi connectivity index (χ4v) is 3.47. The highest BCUT2D eigenvalue weighted by molar-refractivity contribution is 7.18. The Hall–Kier alpha value is -2.96. The van der Waals surface area contributed by atoms with E-state index in [1.54, 1.807) is 20.8 Å². The van der Waals surface area contributed by atoms with Gasteiger partial charge in [-0.3, -0.25) is 14.9 Å². The molecule has 1 aromatic carbocycles. The van der Waals surface area contributed by atoms with Crippen molar-refractivity contribution in [1.29, 1.82) is 5.26 Å². The maximum absolute atomic E-state index is 12.5. The van der Waals surface area contributed by atoms with Crippen LogP contribution in [0.25, 0.3) is 0 Å². The Kier molecular flexibility index (Phi) is 6.15. The number of anilines is 1. The van der Waals surface area contributed by atoms with Crippen LogP contribution in [0.5, 0.6) is 0 Å². The predicted octanol–water partition coefficient (Wildman–Crippen LogP) is 4.31. The number of esters is 1. The highest BCUT2D eigenvalue weighted by Crippen LogP contribution is 2.34. The molecule has 0 aliphatic rings. The lowest BCUT2D eigenvalue weighted by atomic mass is 10.1. The number of non-ortho nitro benzene ring substituents is 1. The zero-order valence-electron chi connectivity index (χ0n) is 14.5. The highest BCUT2D eigenvalue weighted by Gasteiger charge is 2.24. The van der Waals surface area contributed by atoms with Gasteiger partial charge in [0.25, 0.3) is 11.6 Å². The Morgan fingerprint density at radius 2 is 2.07 bits per heavy atom. The van der Waals surface area contributed by atoms with Crippen LogP contribution in [-0.4, -0.2) is 22.9 Å². The van der Waals surface area contributed by atoms with Gasteiger partial charge < -0.3 is 10.1 Å². The predicted molar refractivity (Wildman–Crippen MR) is 100 cm³/mol. The molecule has 0 aliphatic carbocycles. The summed E-state index contributed by atoms with van der Waals surface area (Å²) in [6.07, 6.45) is -0.332. The number of nitriles is 1. The van der Waals surface area contributed by atoms with Crippen LogP contribution in [0.3, 0.4) is 0 Å². The van der Waals surface area contributed by atoms with Gasteiger partial charge in [-0.1, -0.05) is 11.6 Å². The highest BCUT2D eigenvalue weighted by atomic mass is 35.5. The first kappa shape index (κ1) is 20.4. The van der Waals surface area contributed by atoms with Crippen LogP contribution in [0.2, 0.25) is 5.02 Å². The molecule has 1 N–H and O–H groups in total. The molecule has 0 saturated heterocycles. The second-order valence-electron chi connectivity index (χ2n) is 5.70. The number of halogens is 1. The summed E-state index contributed by atoms with van der Waals surface area (Å²) in [6.45, 7) is 4.98. The van der Waals surface area contributed by atoms with Crippen LogP contribution in [0.1, 0.15) is 45.0 Å². The summed E-state index contributed by atoms with van der Waals surface area (Å²) in [6, 6.07) is 5.38. The first-order valence-corrected chi connectivity index (χ1v) is 8.84. The number of nitro groups is 1. The smallest absolute Gasteiger partial charge is 0.348 e. The minimum Gasteiger partial charge on any atom is -0.459 e. The molecule has 1 heterocycles. The molecule has 27 heavy (non-hydrogen) atoms. The number of benzene rings is 1. The van der Waals surface area contributed by atoms with Crippen molar-refractivity contribution in [3.63, 3.8) is 0 Å². The van der Waals surface area contributed by atoms with E-state index in [4.69, 9.17) is 16.3 Å². The van der Waals surface area contributed by atoms with Crippen molar-refractivity contribution >= 4 is 45.5 Å².